The van der Waals surface area contributed by atoms with Crippen LogP contribution in [-0.4, -0.2) is 30.5 Å². The molecule has 1 aromatic rings. The molecule has 1 fully saturated rings. The van der Waals surface area contributed by atoms with E-state index in [1.54, 1.807) is 0 Å². The minimum absolute atomic E-state index is 0.0391. The maximum absolute atomic E-state index is 12.6. The normalized spacial score (nSPS) is 20.9. The quantitative estimate of drug-likeness (QED) is 0.852. The van der Waals surface area contributed by atoms with Crippen LogP contribution in [0.2, 0.25) is 0 Å². The molecular weight excluding hydrogens is 329 g/mol. The lowest BCUT2D eigenvalue weighted by Crippen LogP contribution is -2.30. The van der Waals surface area contributed by atoms with Gasteiger partial charge in [-0.1, -0.05) is 16.7 Å². The van der Waals surface area contributed by atoms with Gasteiger partial charge in [-0.2, -0.15) is 21.6 Å². The van der Waals surface area contributed by atoms with Crippen molar-refractivity contribution >= 4 is 20.4 Å². The van der Waals surface area contributed by atoms with Crippen molar-refractivity contribution < 1.29 is 30.3 Å². The first kappa shape index (κ1) is 16.4. The fourth-order valence-electron chi connectivity index (χ4n) is 2.20. The van der Waals surface area contributed by atoms with Gasteiger partial charge in [-0.05, 0) is 37.1 Å². The Morgan fingerprint density at radius 2 is 1.57 bits per heavy atom. The Morgan fingerprint density at radius 3 is 2.05 bits per heavy atom. The van der Waals surface area contributed by atoms with Crippen LogP contribution < -0.4 is 0 Å². The van der Waals surface area contributed by atoms with Gasteiger partial charge in [0.2, 0.25) is 0 Å². The Balaban J connectivity index is 2.41. The number of rotatable bonds is 3. The molecular formula is C12H15F3O4S2. The van der Waals surface area contributed by atoms with Crippen LogP contribution in [0.15, 0.2) is 29.2 Å². The lowest BCUT2D eigenvalue weighted by molar-refractivity contribution is -0.0496. The van der Waals surface area contributed by atoms with Gasteiger partial charge < -0.3 is 5.11 Å². The molecule has 21 heavy (non-hydrogen) atoms. The highest BCUT2D eigenvalue weighted by atomic mass is 32.3. The number of halogens is 3. The van der Waals surface area contributed by atoms with E-state index in [9.17, 15) is 26.7 Å². The highest BCUT2D eigenvalue weighted by molar-refractivity contribution is 8.33. The molecule has 0 bridgehead atoms. The third-order valence-corrected chi connectivity index (χ3v) is 8.57. The van der Waals surface area contributed by atoms with Crippen LogP contribution in [-0.2, 0) is 13.7 Å². The van der Waals surface area contributed by atoms with E-state index < -0.39 is 25.9 Å². The van der Waals surface area contributed by atoms with Gasteiger partial charge in [-0.15, -0.1) is 0 Å². The van der Waals surface area contributed by atoms with Crippen molar-refractivity contribution in [2.75, 3.05) is 11.5 Å². The SMILES string of the molecule is O=S(=O)(OS1(c2ccc(O)cc2)CCCCC1)C(F)(F)F. The van der Waals surface area contributed by atoms with E-state index in [0.29, 0.717) is 17.7 Å². The van der Waals surface area contributed by atoms with Crippen molar-refractivity contribution in [3.63, 3.8) is 0 Å². The molecule has 1 N–H and O–H groups in total. The van der Waals surface area contributed by atoms with Gasteiger partial charge in [0.1, 0.15) is 5.75 Å². The zero-order valence-corrected chi connectivity index (χ0v) is 12.6. The van der Waals surface area contributed by atoms with Crippen molar-refractivity contribution in [3.8, 4) is 5.75 Å². The van der Waals surface area contributed by atoms with E-state index in [-0.39, 0.29) is 17.3 Å². The average molecular weight is 344 g/mol. The van der Waals surface area contributed by atoms with Gasteiger partial charge in [-0.25, -0.2) is 3.63 Å². The van der Waals surface area contributed by atoms with Crippen LogP contribution in [0.3, 0.4) is 0 Å². The molecule has 0 atom stereocenters. The summed E-state index contributed by atoms with van der Waals surface area (Å²) in [5.41, 5.74) is -5.43. The smallest absolute Gasteiger partial charge is 0.508 e. The summed E-state index contributed by atoms with van der Waals surface area (Å²) in [5.74, 6) is 0.503. The maximum atomic E-state index is 12.6. The minimum Gasteiger partial charge on any atom is -0.508 e. The van der Waals surface area contributed by atoms with Crippen molar-refractivity contribution in [2.45, 2.75) is 29.7 Å². The fourth-order valence-corrected chi connectivity index (χ4v) is 7.38. The third kappa shape index (κ3) is 3.46. The fraction of sp³-hybridized carbons (Fsp3) is 0.500. The third-order valence-electron chi connectivity index (χ3n) is 3.22. The summed E-state index contributed by atoms with van der Waals surface area (Å²) in [7, 11) is -8.19. The first-order valence-electron chi connectivity index (χ1n) is 6.26. The number of hydrogen-bond donors (Lipinski definition) is 1. The van der Waals surface area contributed by atoms with Gasteiger partial charge in [-0.3, -0.25) is 0 Å². The molecule has 0 aliphatic carbocycles. The van der Waals surface area contributed by atoms with Crippen LogP contribution in [0.1, 0.15) is 19.3 Å². The molecule has 4 nitrogen and oxygen atoms in total. The molecule has 9 heteroatoms. The topological polar surface area (TPSA) is 63.6 Å². The molecule has 1 aliphatic rings. The van der Waals surface area contributed by atoms with E-state index in [1.807, 2.05) is 0 Å². The zero-order chi connectivity index (χ0) is 15.7. The molecule has 120 valence electrons. The summed E-state index contributed by atoms with van der Waals surface area (Å²) < 4.78 is 65.3. The first-order chi connectivity index (χ1) is 9.66. The Bertz CT molecular complexity index is 590. The van der Waals surface area contributed by atoms with Gasteiger partial charge in [0.25, 0.3) is 0 Å². The van der Waals surface area contributed by atoms with Crippen LogP contribution in [0, 0.1) is 0 Å². The Labute approximate surface area is 122 Å². The van der Waals surface area contributed by atoms with Crippen molar-refractivity contribution in [1.82, 2.24) is 0 Å². The Hall–Kier alpha value is -0.930. The summed E-state index contributed by atoms with van der Waals surface area (Å²) in [6, 6.07) is 5.51. The summed E-state index contributed by atoms with van der Waals surface area (Å²) >= 11 is 0. The van der Waals surface area contributed by atoms with Crippen molar-refractivity contribution in [2.24, 2.45) is 0 Å². The highest BCUT2D eigenvalue weighted by Crippen LogP contribution is 2.62. The molecule has 0 aromatic heterocycles. The molecule has 0 radical (unpaired) electrons. The highest BCUT2D eigenvalue weighted by Gasteiger charge is 2.51. The lowest BCUT2D eigenvalue weighted by Gasteiger charge is -2.41. The zero-order valence-electron chi connectivity index (χ0n) is 11.0. The monoisotopic (exact) mass is 344 g/mol. The number of alkyl halides is 3. The predicted molar refractivity (Wildman–Crippen MR) is 73.6 cm³/mol. The summed E-state index contributed by atoms with van der Waals surface area (Å²) in [6.07, 6.45) is 2.06. The van der Waals surface area contributed by atoms with Crippen LogP contribution in [0.25, 0.3) is 0 Å². The van der Waals surface area contributed by atoms with Crippen LogP contribution in [0.5, 0.6) is 5.75 Å². The number of phenolic OH excluding ortho intramolecular Hbond substituents is 1. The molecule has 1 saturated heterocycles. The van der Waals surface area contributed by atoms with Gasteiger partial charge in [0.15, 0.2) is 0 Å². The number of benzene rings is 1. The van der Waals surface area contributed by atoms with Crippen molar-refractivity contribution in [1.29, 1.82) is 0 Å². The summed E-state index contributed by atoms with van der Waals surface area (Å²) in [5, 5.41) is 9.27. The molecule has 0 saturated carbocycles. The lowest BCUT2D eigenvalue weighted by atomic mass is 10.3. The van der Waals surface area contributed by atoms with Crippen molar-refractivity contribution in [3.05, 3.63) is 24.3 Å². The second-order valence-electron chi connectivity index (χ2n) is 4.74. The van der Waals surface area contributed by atoms with E-state index in [1.165, 1.54) is 24.3 Å². The van der Waals surface area contributed by atoms with Crippen LogP contribution >= 0.6 is 10.3 Å². The maximum Gasteiger partial charge on any atom is 0.523 e. The van der Waals surface area contributed by atoms with Gasteiger partial charge in [0.05, 0.1) is 0 Å². The molecule has 1 aliphatic heterocycles. The number of phenols is 1. The first-order valence-corrected chi connectivity index (χ1v) is 9.57. The Morgan fingerprint density at radius 1 is 1.05 bits per heavy atom. The molecule has 0 spiro atoms. The summed E-state index contributed by atoms with van der Waals surface area (Å²) in [6.45, 7) is 0. The molecule has 1 aromatic carbocycles. The van der Waals surface area contributed by atoms with E-state index in [2.05, 4.69) is 0 Å². The van der Waals surface area contributed by atoms with Gasteiger partial charge in [0, 0.05) is 16.4 Å². The van der Waals surface area contributed by atoms with E-state index >= 15 is 0 Å². The molecule has 0 amide bonds. The van der Waals surface area contributed by atoms with Crippen LogP contribution in [0.4, 0.5) is 13.2 Å². The largest absolute Gasteiger partial charge is 0.523 e. The Kier molecular flexibility index (Phi) is 4.46. The molecule has 1 heterocycles. The van der Waals surface area contributed by atoms with Gasteiger partial charge >= 0.3 is 15.6 Å². The second-order valence-corrected chi connectivity index (χ2v) is 9.57. The number of hydrogen-bond acceptors (Lipinski definition) is 4. The standard InChI is InChI=1S/C12H15F3O4S2/c13-12(14,15)21(17,18)19-20(8-2-1-3-9-20)11-6-4-10(16)5-7-11/h4-7,16H,1-3,8-9H2. The second kappa shape index (κ2) is 5.69. The van der Waals surface area contributed by atoms with E-state index in [0.717, 1.165) is 6.42 Å². The summed E-state index contributed by atoms with van der Waals surface area (Å²) in [4.78, 5) is 0.410. The molecule has 2 rings (SSSR count). The predicted octanol–water partition coefficient (Wildman–Crippen LogP) is 3.52. The molecule has 0 unspecified atom stereocenters. The van der Waals surface area contributed by atoms with E-state index in [4.69, 9.17) is 3.63 Å². The minimum atomic E-state index is -5.64. The average Bonchev–Trinajstić information content (AvgIpc) is 2.38. The number of aromatic hydroxyl groups is 1.